The van der Waals surface area contributed by atoms with Crippen molar-refractivity contribution in [3.8, 4) is 0 Å². The summed E-state index contributed by atoms with van der Waals surface area (Å²) in [5.74, 6) is 0.411. The largest absolute Gasteiger partial charge is 0.345 e. The quantitative estimate of drug-likeness (QED) is 0.419. The highest BCUT2D eigenvalue weighted by molar-refractivity contribution is 7.80. The number of benzene rings is 2. The Labute approximate surface area is 189 Å². The van der Waals surface area contributed by atoms with Crippen LogP contribution in [0.2, 0.25) is 5.02 Å². The minimum atomic E-state index is 0.411. The molecule has 0 unspecified atom stereocenters. The van der Waals surface area contributed by atoms with Crippen LogP contribution in [0.4, 0.5) is 5.69 Å². The van der Waals surface area contributed by atoms with Crippen molar-refractivity contribution in [1.82, 2.24) is 14.5 Å². The van der Waals surface area contributed by atoms with E-state index in [9.17, 15) is 0 Å². The summed E-state index contributed by atoms with van der Waals surface area (Å²) in [6.07, 6.45) is 6.58. The zero-order chi connectivity index (χ0) is 21.5. The van der Waals surface area contributed by atoms with Crippen LogP contribution in [0, 0.1) is 6.92 Å². The van der Waals surface area contributed by atoms with Crippen LogP contribution >= 0.6 is 23.8 Å². The van der Waals surface area contributed by atoms with Gasteiger partial charge in [0.2, 0.25) is 0 Å². The van der Waals surface area contributed by atoms with E-state index in [1.54, 1.807) is 6.20 Å². The first-order chi connectivity index (χ1) is 14.5. The zero-order valence-electron chi connectivity index (χ0n) is 17.8. The van der Waals surface area contributed by atoms with Crippen molar-refractivity contribution in [2.75, 3.05) is 11.9 Å². The molecule has 1 heterocycles. The molecule has 1 N–H and O–H groups in total. The highest BCUT2D eigenvalue weighted by atomic mass is 35.5. The number of rotatable bonds is 8. The van der Waals surface area contributed by atoms with Crippen LogP contribution in [-0.2, 0) is 13.1 Å². The van der Waals surface area contributed by atoms with Crippen molar-refractivity contribution in [3.05, 3.63) is 82.9 Å². The Morgan fingerprint density at radius 1 is 1.20 bits per heavy atom. The maximum atomic E-state index is 6.44. The molecule has 0 saturated heterocycles. The summed E-state index contributed by atoms with van der Waals surface area (Å²) in [6.45, 7) is 8.90. The first-order valence-electron chi connectivity index (χ1n) is 10.3. The second kappa shape index (κ2) is 10.6. The predicted octanol–water partition coefficient (Wildman–Crippen LogP) is 6.26. The molecule has 4 nitrogen and oxygen atoms in total. The molecule has 6 heteroatoms. The summed E-state index contributed by atoms with van der Waals surface area (Å²) in [5, 5.41) is 5.02. The predicted molar refractivity (Wildman–Crippen MR) is 130 cm³/mol. The number of hydrogen-bond donors (Lipinski definition) is 1. The Morgan fingerprint density at radius 3 is 2.70 bits per heavy atom. The van der Waals surface area contributed by atoms with Gasteiger partial charge in [-0.2, -0.15) is 0 Å². The molecule has 0 fully saturated rings. The molecule has 0 aliphatic carbocycles. The van der Waals surface area contributed by atoms with Crippen molar-refractivity contribution < 1.29 is 0 Å². The van der Waals surface area contributed by atoms with Crippen molar-refractivity contribution in [1.29, 1.82) is 0 Å². The number of nitrogens with one attached hydrogen (secondary N) is 1. The van der Waals surface area contributed by atoms with Crippen molar-refractivity contribution >= 4 is 34.6 Å². The van der Waals surface area contributed by atoms with E-state index in [1.165, 1.54) is 11.1 Å². The lowest BCUT2D eigenvalue weighted by Gasteiger charge is -2.28. The lowest BCUT2D eigenvalue weighted by atomic mass is 9.98. The Morgan fingerprint density at radius 2 is 2.00 bits per heavy atom. The van der Waals surface area contributed by atoms with Gasteiger partial charge in [-0.1, -0.05) is 61.8 Å². The van der Waals surface area contributed by atoms with Gasteiger partial charge in [-0.15, -0.1) is 0 Å². The molecular formula is C24H29ClN4S. The van der Waals surface area contributed by atoms with E-state index in [2.05, 4.69) is 64.8 Å². The van der Waals surface area contributed by atoms with Gasteiger partial charge < -0.3 is 14.8 Å². The second-order valence-electron chi connectivity index (χ2n) is 7.79. The van der Waals surface area contributed by atoms with Crippen LogP contribution < -0.4 is 5.32 Å². The molecule has 0 aliphatic heterocycles. The summed E-state index contributed by atoms with van der Waals surface area (Å²) in [7, 11) is 0. The van der Waals surface area contributed by atoms with E-state index in [0.29, 0.717) is 12.5 Å². The van der Waals surface area contributed by atoms with Crippen LogP contribution in [0.25, 0.3) is 0 Å². The minimum Gasteiger partial charge on any atom is -0.345 e. The number of imidazole rings is 1. The molecule has 0 radical (unpaired) electrons. The van der Waals surface area contributed by atoms with Gasteiger partial charge in [0.25, 0.3) is 0 Å². The molecule has 30 heavy (non-hydrogen) atoms. The first-order valence-corrected chi connectivity index (χ1v) is 11.1. The third-order valence-corrected chi connectivity index (χ3v) is 5.90. The smallest absolute Gasteiger partial charge is 0.173 e. The topological polar surface area (TPSA) is 33.1 Å². The normalized spacial score (nSPS) is 11.0. The van der Waals surface area contributed by atoms with Crippen LogP contribution in [0.1, 0.15) is 42.9 Å². The number of thiocarbonyl (C=S) groups is 1. The van der Waals surface area contributed by atoms with Gasteiger partial charge in [-0.25, -0.2) is 4.98 Å². The standard InChI is InChI=1S/C24H29ClN4S/c1-18(2)21-10-6-8-19(3)23(21)27-24(30)29(14-7-13-28-15-12-26-17-28)16-20-9-4-5-11-22(20)25/h4-6,8-12,15,17-18H,7,13-14,16H2,1-3H3,(H,27,30). The maximum Gasteiger partial charge on any atom is 0.173 e. The summed E-state index contributed by atoms with van der Waals surface area (Å²) < 4.78 is 2.09. The lowest BCUT2D eigenvalue weighted by Crippen LogP contribution is -2.36. The Hall–Kier alpha value is -2.37. The van der Waals surface area contributed by atoms with E-state index in [4.69, 9.17) is 23.8 Å². The number of hydrogen-bond acceptors (Lipinski definition) is 2. The monoisotopic (exact) mass is 440 g/mol. The molecule has 2 aromatic carbocycles. The van der Waals surface area contributed by atoms with Crippen LogP contribution in [0.15, 0.2) is 61.2 Å². The Kier molecular flexibility index (Phi) is 7.88. The first kappa shape index (κ1) is 22.3. The number of nitrogens with zero attached hydrogens (tertiary/aromatic N) is 3. The summed E-state index contributed by atoms with van der Waals surface area (Å²) in [5.41, 5.74) is 4.64. The van der Waals surface area contributed by atoms with Crippen LogP contribution in [-0.4, -0.2) is 26.1 Å². The second-order valence-corrected chi connectivity index (χ2v) is 8.58. The number of aromatic nitrogens is 2. The lowest BCUT2D eigenvalue weighted by molar-refractivity contribution is 0.396. The molecule has 1 aromatic heterocycles. The summed E-state index contributed by atoms with van der Waals surface area (Å²) >= 11 is 12.3. The average molecular weight is 441 g/mol. The van der Waals surface area contributed by atoms with E-state index >= 15 is 0 Å². The molecular weight excluding hydrogens is 412 g/mol. The Bertz CT molecular complexity index is 969. The van der Waals surface area contributed by atoms with Gasteiger partial charge in [0.15, 0.2) is 5.11 Å². The molecule has 0 saturated carbocycles. The van der Waals surface area contributed by atoms with Gasteiger partial charge in [-0.05, 0) is 54.2 Å². The van der Waals surface area contributed by atoms with E-state index in [0.717, 1.165) is 40.9 Å². The molecule has 3 aromatic rings. The van der Waals surface area contributed by atoms with E-state index in [-0.39, 0.29) is 0 Å². The van der Waals surface area contributed by atoms with Crippen molar-refractivity contribution in [3.63, 3.8) is 0 Å². The van der Waals surface area contributed by atoms with Gasteiger partial charge >= 0.3 is 0 Å². The SMILES string of the molecule is Cc1cccc(C(C)C)c1NC(=S)N(CCCn1ccnc1)Cc1ccccc1Cl. The average Bonchev–Trinajstić information content (AvgIpc) is 3.23. The fourth-order valence-corrected chi connectivity index (χ4v) is 3.93. The molecule has 0 aliphatic rings. The molecule has 0 bridgehead atoms. The number of anilines is 1. The summed E-state index contributed by atoms with van der Waals surface area (Å²) in [6, 6.07) is 14.3. The zero-order valence-corrected chi connectivity index (χ0v) is 19.4. The fraction of sp³-hybridized carbons (Fsp3) is 0.333. The van der Waals surface area contributed by atoms with E-state index in [1.807, 2.05) is 30.7 Å². The third-order valence-electron chi connectivity index (χ3n) is 5.17. The minimum absolute atomic E-state index is 0.411. The highest BCUT2D eigenvalue weighted by Gasteiger charge is 2.16. The van der Waals surface area contributed by atoms with Crippen molar-refractivity contribution in [2.24, 2.45) is 0 Å². The van der Waals surface area contributed by atoms with Crippen LogP contribution in [0.3, 0.4) is 0 Å². The van der Waals surface area contributed by atoms with Gasteiger partial charge in [0, 0.05) is 42.7 Å². The van der Waals surface area contributed by atoms with Crippen molar-refractivity contribution in [2.45, 2.75) is 46.2 Å². The van der Waals surface area contributed by atoms with E-state index < -0.39 is 0 Å². The van der Waals surface area contributed by atoms with Gasteiger partial charge in [0.1, 0.15) is 0 Å². The number of halogens is 1. The fourth-order valence-electron chi connectivity index (χ4n) is 3.48. The molecule has 0 spiro atoms. The van der Waals surface area contributed by atoms with Gasteiger partial charge in [0.05, 0.1) is 6.33 Å². The Balaban J connectivity index is 1.78. The number of para-hydroxylation sites is 1. The molecule has 0 atom stereocenters. The maximum absolute atomic E-state index is 6.44. The molecule has 0 amide bonds. The van der Waals surface area contributed by atoms with Crippen LogP contribution in [0.5, 0.6) is 0 Å². The number of aryl methyl sites for hydroxylation is 2. The summed E-state index contributed by atoms with van der Waals surface area (Å²) in [4.78, 5) is 6.32. The molecule has 3 rings (SSSR count). The highest BCUT2D eigenvalue weighted by Crippen LogP contribution is 2.28. The van der Waals surface area contributed by atoms with Gasteiger partial charge in [-0.3, -0.25) is 0 Å². The molecule has 158 valence electrons. The third kappa shape index (κ3) is 5.83.